The van der Waals surface area contributed by atoms with E-state index in [-0.39, 0.29) is 25.1 Å². The zero-order valence-corrected chi connectivity index (χ0v) is 22.0. The molecule has 2 atom stereocenters. The standard InChI is InChI=1S/C29H36N2O4S/c1-3-30(17-24(32)20-34-19-23-10-5-4-6-11-23)18-29(33)31-15-13-28-25(14-16-36-28)26(31)21-35-27-12-8-7-9-22(27)2/h4-12,14,16,24,26,32H,3,13,15,17-21H2,1-2H3/t24-,26+/m1/s1. The molecule has 0 saturated carbocycles. The molecule has 6 nitrogen and oxygen atoms in total. The number of carbonyl (C=O) groups excluding carboxylic acids is 1. The minimum Gasteiger partial charge on any atom is -0.491 e. The highest BCUT2D eigenvalue weighted by atomic mass is 32.1. The summed E-state index contributed by atoms with van der Waals surface area (Å²) in [6.07, 6.45) is 0.202. The molecule has 0 radical (unpaired) electrons. The van der Waals surface area contributed by atoms with Crippen molar-refractivity contribution in [1.29, 1.82) is 0 Å². The lowest BCUT2D eigenvalue weighted by atomic mass is 10.0. The van der Waals surface area contributed by atoms with Gasteiger partial charge >= 0.3 is 0 Å². The summed E-state index contributed by atoms with van der Waals surface area (Å²) in [7, 11) is 0. The summed E-state index contributed by atoms with van der Waals surface area (Å²) >= 11 is 1.75. The predicted molar refractivity (Wildman–Crippen MR) is 143 cm³/mol. The third-order valence-electron chi connectivity index (χ3n) is 6.60. The van der Waals surface area contributed by atoms with Gasteiger partial charge in [-0.2, -0.15) is 0 Å². The van der Waals surface area contributed by atoms with Gasteiger partial charge in [0, 0.05) is 18.0 Å². The van der Waals surface area contributed by atoms with E-state index in [4.69, 9.17) is 9.47 Å². The van der Waals surface area contributed by atoms with Gasteiger partial charge in [-0.1, -0.05) is 55.5 Å². The number of benzene rings is 2. The lowest BCUT2D eigenvalue weighted by Crippen LogP contribution is -2.48. The number of amides is 1. The van der Waals surface area contributed by atoms with Crippen LogP contribution in [-0.4, -0.2) is 66.3 Å². The fourth-order valence-electron chi connectivity index (χ4n) is 4.59. The molecule has 4 rings (SSSR count). The average Bonchev–Trinajstić information content (AvgIpc) is 3.37. The number of aliphatic hydroxyl groups excluding tert-OH is 1. The number of hydrogen-bond acceptors (Lipinski definition) is 6. The number of nitrogens with zero attached hydrogens (tertiary/aromatic N) is 2. The van der Waals surface area contributed by atoms with Gasteiger partial charge in [0.15, 0.2) is 0 Å². The van der Waals surface area contributed by atoms with E-state index in [1.165, 1.54) is 10.4 Å². The van der Waals surface area contributed by atoms with Crippen molar-refractivity contribution < 1.29 is 19.4 Å². The molecule has 0 aliphatic carbocycles. The number of hydrogen-bond donors (Lipinski definition) is 1. The molecule has 192 valence electrons. The van der Waals surface area contributed by atoms with E-state index >= 15 is 0 Å². The van der Waals surface area contributed by atoms with Crippen LogP contribution in [0.1, 0.15) is 34.5 Å². The Kier molecular flexibility index (Phi) is 9.53. The first-order chi connectivity index (χ1) is 17.5. The van der Waals surface area contributed by atoms with Crippen LogP contribution in [0, 0.1) is 6.92 Å². The molecule has 1 aliphatic heterocycles. The smallest absolute Gasteiger partial charge is 0.237 e. The van der Waals surface area contributed by atoms with Crippen molar-refractivity contribution in [2.45, 2.75) is 39.0 Å². The summed E-state index contributed by atoms with van der Waals surface area (Å²) in [6.45, 7) is 7.14. The Morgan fingerprint density at radius 3 is 2.72 bits per heavy atom. The lowest BCUT2D eigenvalue weighted by Gasteiger charge is -2.37. The van der Waals surface area contributed by atoms with Crippen LogP contribution < -0.4 is 4.74 Å². The van der Waals surface area contributed by atoms with Gasteiger partial charge in [-0.05, 0) is 54.1 Å². The van der Waals surface area contributed by atoms with Gasteiger partial charge in [-0.15, -0.1) is 11.3 Å². The van der Waals surface area contributed by atoms with E-state index < -0.39 is 6.10 Å². The molecule has 1 N–H and O–H groups in total. The maximum absolute atomic E-state index is 13.5. The highest BCUT2D eigenvalue weighted by Gasteiger charge is 2.33. The van der Waals surface area contributed by atoms with Crippen molar-refractivity contribution in [3.8, 4) is 5.75 Å². The molecule has 0 spiro atoms. The summed E-state index contributed by atoms with van der Waals surface area (Å²) in [5.74, 6) is 0.908. The average molecular weight is 509 g/mol. The highest BCUT2D eigenvalue weighted by Crippen LogP contribution is 2.34. The minimum atomic E-state index is -0.661. The van der Waals surface area contributed by atoms with Crippen LogP contribution in [0.25, 0.3) is 0 Å². The van der Waals surface area contributed by atoms with Crippen molar-refractivity contribution in [1.82, 2.24) is 9.80 Å². The summed E-state index contributed by atoms with van der Waals surface area (Å²) in [5, 5.41) is 12.6. The molecule has 3 aromatic rings. The molecule has 0 unspecified atom stereocenters. The van der Waals surface area contributed by atoms with Crippen molar-refractivity contribution >= 4 is 17.2 Å². The van der Waals surface area contributed by atoms with Crippen LogP contribution in [0.3, 0.4) is 0 Å². The monoisotopic (exact) mass is 508 g/mol. The summed E-state index contributed by atoms with van der Waals surface area (Å²) < 4.78 is 11.9. The predicted octanol–water partition coefficient (Wildman–Crippen LogP) is 4.46. The molecular formula is C29H36N2O4S. The summed E-state index contributed by atoms with van der Waals surface area (Å²) in [4.78, 5) is 18.8. The highest BCUT2D eigenvalue weighted by molar-refractivity contribution is 7.10. The SMILES string of the molecule is CCN(CC(=O)N1CCc2sccc2[C@@H]1COc1ccccc1C)C[C@@H](O)COCc1ccccc1. The van der Waals surface area contributed by atoms with Crippen LogP contribution in [-0.2, 0) is 22.6 Å². The lowest BCUT2D eigenvalue weighted by molar-refractivity contribution is -0.136. The molecule has 2 aromatic carbocycles. The number of carbonyl (C=O) groups is 1. The Bertz CT molecular complexity index is 1100. The summed E-state index contributed by atoms with van der Waals surface area (Å²) in [5.41, 5.74) is 3.34. The maximum atomic E-state index is 13.5. The van der Waals surface area contributed by atoms with Crippen LogP contribution in [0.15, 0.2) is 66.0 Å². The Hall–Kier alpha value is -2.71. The van der Waals surface area contributed by atoms with Gasteiger partial charge in [0.25, 0.3) is 0 Å². The van der Waals surface area contributed by atoms with Crippen molar-refractivity contribution in [2.24, 2.45) is 0 Å². The molecule has 1 amide bonds. The van der Waals surface area contributed by atoms with Gasteiger partial charge in [0.1, 0.15) is 12.4 Å². The number of para-hydroxylation sites is 1. The van der Waals surface area contributed by atoms with Gasteiger partial charge in [-0.25, -0.2) is 0 Å². The molecule has 36 heavy (non-hydrogen) atoms. The molecule has 0 fully saturated rings. The van der Waals surface area contributed by atoms with Gasteiger partial charge < -0.3 is 19.5 Å². The first-order valence-corrected chi connectivity index (χ1v) is 13.5. The van der Waals surface area contributed by atoms with E-state index in [9.17, 15) is 9.90 Å². The van der Waals surface area contributed by atoms with Gasteiger partial charge in [0.2, 0.25) is 5.91 Å². The fourth-order valence-corrected chi connectivity index (χ4v) is 5.52. The van der Waals surface area contributed by atoms with Gasteiger partial charge in [0.05, 0.1) is 31.9 Å². The molecule has 1 aliphatic rings. The van der Waals surface area contributed by atoms with Crippen molar-refractivity contribution in [3.63, 3.8) is 0 Å². The van der Waals surface area contributed by atoms with Crippen LogP contribution >= 0.6 is 11.3 Å². The Morgan fingerprint density at radius 1 is 1.17 bits per heavy atom. The van der Waals surface area contributed by atoms with E-state index in [2.05, 4.69) is 11.4 Å². The Morgan fingerprint density at radius 2 is 1.94 bits per heavy atom. The normalized spacial score (nSPS) is 16.1. The number of aliphatic hydroxyl groups is 1. The topological polar surface area (TPSA) is 62.2 Å². The Labute approximate surface area is 218 Å². The molecule has 1 aromatic heterocycles. The zero-order chi connectivity index (χ0) is 25.3. The van der Waals surface area contributed by atoms with E-state index in [0.717, 1.165) is 23.3 Å². The Balaban J connectivity index is 1.34. The molecule has 2 heterocycles. The number of ether oxygens (including phenoxy) is 2. The third-order valence-corrected chi connectivity index (χ3v) is 7.60. The molecule has 0 bridgehead atoms. The molecular weight excluding hydrogens is 472 g/mol. The zero-order valence-electron chi connectivity index (χ0n) is 21.1. The van der Waals surface area contributed by atoms with Crippen molar-refractivity contribution in [3.05, 3.63) is 87.6 Å². The number of thiophene rings is 1. The largest absolute Gasteiger partial charge is 0.491 e. The van der Waals surface area contributed by atoms with Crippen molar-refractivity contribution in [2.75, 3.05) is 39.4 Å². The number of rotatable bonds is 12. The number of likely N-dealkylation sites (N-methyl/N-ethyl adjacent to an activating group) is 1. The fraction of sp³-hybridized carbons (Fsp3) is 0.414. The second-order valence-electron chi connectivity index (χ2n) is 9.21. The van der Waals surface area contributed by atoms with E-state index in [0.29, 0.717) is 32.8 Å². The maximum Gasteiger partial charge on any atom is 0.237 e. The van der Waals surface area contributed by atoms with Crippen LogP contribution in [0.5, 0.6) is 5.75 Å². The summed E-state index contributed by atoms with van der Waals surface area (Å²) in [6, 6.07) is 19.9. The second-order valence-corrected chi connectivity index (χ2v) is 10.2. The second kappa shape index (κ2) is 13.0. The first kappa shape index (κ1) is 26.4. The third kappa shape index (κ3) is 6.95. The first-order valence-electron chi connectivity index (χ1n) is 12.6. The molecule has 0 saturated heterocycles. The number of aryl methyl sites for hydroxylation is 1. The minimum absolute atomic E-state index is 0.0597. The van der Waals surface area contributed by atoms with Gasteiger partial charge in [-0.3, -0.25) is 9.69 Å². The molecule has 7 heteroatoms. The van der Waals surface area contributed by atoms with Crippen LogP contribution in [0.4, 0.5) is 0 Å². The quantitative estimate of drug-likeness (QED) is 0.391. The van der Waals surface area contributed by atoms with Crippen LogP contribution in [0.2, 0.25) is 0 Å². The van der Waals surface area contributed by atoms with E-state index in [1.54, 1.807) is 11.3 Å². The number of fused-ring (bicyclic) bond motifs is 1. The van der Waals surface area contributed by atoms with E-state index in [1.807, 2.05) is 78.2 Å².